The third-order valence-corrected chi connectivity index (χ3v) is 3.03. The van der Waals surface area contributed by atoms with Crippen molar-refractivity contribution in [1.82, 2.24) is 4.90 Å². The van der Waals surface area contributed by atoms with Gasteiger partial charge in [-0.25, -0.2) is 0 Å². The molecule has 0 saturated carbocycles. The maximum absolute atomic E-state index is 12.7. The zero-order chi connectivity index (χ0) is 14.6. The van der Waals surface area contributed by atoms with Gasteiger partial charge in [0.25, 0.3) is 0 Å². The van der Waals surface area contributed by atoms with Crippen molar-refractivity contribution in [2.24, 2.45) is 0 Å². The Morgan fingerprint density at radius 2 is 2.00 bits per heavy atom. The molecule has 0 heterocycles. The Labute approximate surface area is 111 Å². The molecule has 1 rings (SSSR count). The van der Waals surface area contributed by atoms with Crippen LogP contribution < -0.4 is 0 Å². The number of hydrogen-bond acceptors (Lipinski definition) is 1. The summed E-state index contributed by atoms with van der Waals surface area (Å²) in [5.74, 6) is -0.133. The number of nitrogens with zero attached hydrogens (tertiary/aromatic N) is 1. The second-order valence-corrected chi connectivity index (χ2v) is 4.51. The summed E-state index contributed by atoms with van der Waals surface area (Å²) in [6.45, 7) is 5.63. The van der Waals surface area contributed by atoms with Crippen LogP contribution in [0.15, 0.2) is 24.3 Å². The van der Waals surface area contributed by atoms with Gasteiger partial charge < -0.3 is 4.90 Å². The van der Waals surface area contributed by atoms with Gasteiger partial charge in [0.15, 0.2) is 0 Å². The number of carbonyl (C=O) groups is 1. The molecule has 1 aromatic rings. The number of halogens is 3. The average Bonchev–Trinajstić information content (AvgIpc) is 2.34. The van der Waals surface area contributed by atoms with Crippen molar-refractivity contribution in [3.63, 3.8) is 0 Å². The van der Waals surface area contributed by atoms with Gasteiger partial charge in [0.1, 0.15) is 0 Å². The highest BCUT2D eigenvalue weighted by molar-refractivity contribution is 5.73. The van der Waals surface area contributed by atoms with Crippen molar-refractivity contribution < 1.29 is 18.0 Å². The molecule has 1 unspecified atom stereocenters. The number of hydrogen-bond donors (Lipinski definition) is 0. The summed E-state index contributed by atoms with van der Waals surface area (Å²) in [6, 6.07) is 4.77. The molecule has 0 N–H and O–H groups in total. The van der Waals surface area contributed by atoms with Gasteiger partial charge in [-0.15, -0.1) is 0 Å². The van der Waals surface area contributed by atoms with E-state index in [1.807, 2.05) is 6.92 Å². The van der Waals surface area contributed by atoms with E-state index in [0.29, 0.717) is 12.1 Å². The topological polar surface area (TPSA) is 20.3 Å². The fourth-order valence-electron chi connectivity index (χ4n) is 2.02. The maximum atomic E-state index is 12.7. The Balaban J connectivity index is 3.04. The number of carbonyl (C=O) groups excluding carboxylic acids is 1. The van der Waals surface area contributed by atoms with Gasteiger partial charge in [-0.2, -0.15) is 13.2 Å². The summed E-state index contributed by atoms with van der Waals surface area (Å²) >= 11 is 0. The molecule has 19 heavy (non-hydrogen) atoms. The first-order valence-corrected chi connectivity index (χ1v) is 6.21. The molecule has 0 aliphatic heterocycles. The third kappa shape index (κ3) is 3.98. The molecular weight excluding hydrogens is 255 g/mol. The van der Waals surface area contributed by atoms with Crippen LogP contribution in [0.2, 0.25) is 0 Å². The first-order chi connectivity index (χ1) is 8.77. The van der Waals surface area contributed by atoms with Gasteiger partial charge in [0.2, 0.25) is 5.91 Å². The average molecular weight is 273 g/mol. The Kier molecular flexibility index (Phi) is 4.97. The molecule has 106 valence electrons. The summed E-state index contributed by atoms with van der Waals surface area (Å²) < 4.78 is 38.0. The molecule has 0 saturated heterocycles. The molecule has 0 bridgehead atoms. The maximum Gasteiger partial charge on any atom is 0.416 e. The number of rotatable bonds is 4. The van der Waals surface area contributed by atoms with Crippen LogP contribution in [-0.2, 0) is 11.0 Å². The first kappa shape index (κ1) is 15.5. The lowest BCUT2D eigenvalue weighted by molar-refractivity contribution is -0.137. The van der Waals surface area contributed by atoms with Gasteiger partial charge >= 0.3 is 6.18 Å². The van der Waals surface area contributed by atoms with Crippen molar-refractivity contribution >= 4 is 5.91 Å². The highest BCUT2D eigenvalue weighted by Gasteiger charge is 2.31. The molecule has 1 aromatic carbocycles. The lowest BCUT2D eigenvalue weighted by Crippen LogP contribution is -2.32. The van der Waals surface area contributed by atoms with E-state index in [4.69, 9.17) is 0 Å². The normalized spacial score (nSPS) is 13.2. The molecule has 2 nitrogen and oxygen atoms in total. The molecular formula is C14H18F3NO. The molecule has 0 spiro atoms. The molecule has 1 amide bonds. The zero-order valence-electron chi connectivity index (χ0n) is 11.3. The largest absolute Gasteiger partial charge is 0.416 e. The van der Waals surface area contributed by atoms with Crippen LogP contribution in [0.25, 0.3) is 0 Å². The van der Waals surface area contributed by atoms with E-state index in [-0.39, 0.29) is 11.9 Å². The summed E-state index contributed by atoms with van der Waals surface area (Å²) in [4.78, 5) is 13.1. The minimum absolute atomic E-state index is 0.133. The molecule has 0 aliphatic rings. The summed E-state index contributed by atoms with van der Waals surface area (Å²) in [7, 11) is 0. The summed E-state index contributed by atoms with van der Waals surface area (Å²) in [6.07, 6.45) is -3.59. The van der Waals surface area contributed by atoms with Gasteiger partial charge in [-0.05, 0) is 31.0 Å². The van der Waals surface area contributed by atoms with Gasteiger partial charge in [-0.1, -0.05) is 19.1 Å². The number of benzene rings is 1. The standard InChI is InChI=1S/C14H18F3NO/c1-4-8-18(11(3)19)10(2)12-6-5-7-13(9-12)14(15,16)17/h5-7,9-10H,4,8H2,1-3H3. The molecule has 1 atom stereocenters. The highest BCUT2D eigenvalue weighted by atomic mass is 19.4. The molecule has 0 fully saturated rings. The fourth-order valence-corrected chi connectivity index (χ4v) is 2.02. The highest BCUT2D eigenvalue weighted by Crippen LogP contribution is 2.31. The SMILES string of the molecule is CCCN(C(C)=O)C(C)c1cccc(C(F)(F)F)c1. The Bertz CT molecular complexity index is 443. The van der Waals surface area contributed by atoms with Crippen LogP contribution in [0.4, 0.5) is 13.2 Å². The monoisotopic (exact) mass is 273 g/mol. The van der Waals surface area contributed by atoms with Gasteiger partial charge in [0.05, 0.1) is 11.6 Å². The predicted molar refractivity (Wildman–Crippen MR) is 67.5 cm³/mol. The van der Waals surface area contributed by atoms with Crippen LogP contribution in [0.3, 0.4) is 0 Å². The Morgan fingerprint density at radius 1 is 1.37 bits per heavy atom. The zero-order valence-corrected chi connectivity index (χ0v) is 11.3. The van der Waals surface area contributed by atoms with Crippen molar-refractivity contribution in [2.45, 2.75) is 39.4 Å². The van der Waals surface area contributed by atoms with Gasteiger partial charge in [-0.3, -0.25) is 4.79 Å². The predicted octanol–water partition coefficient (Wildman–Crippen LogP) is 4.02. The lowest BCUT2D eigenvalue weighted by Gasteiger charge is -2.28. The molecule has 0 aromatic heterocycles. The minimum Gasteiger partial charge on any atom is -0.336 e. The summed E-state index contributed by atoms with van der Waals surface area (Å²) in [5, 5.41) is 0. The second-order valence-electron chi connectivity index (χ2n) is 4.51. The van der Waals surface area contributed by atoms with E-state index in [1.165, 1.54) is 13.0 Å². The van der Waals surface area contributed by atoms with Crippen LogP contribution in [-0.4, -0.2) is 17.4 Å². The van der Waals surface area contributed by atoms with Gasteiger partial charge in [0, 0.05) is 13.5 Å². The quantitative estimate of drug-likeness (QED) is 0.811. The Hall–Kier alpha value is -1.52. The van der Waals surface area contributed by atoms with E-state index in [9.17, 15) is 18.0 Å². The minimum atomic E-state index is -4.36. The van der Waals surface area contributed by atoms with E-state index < -0.39 is 11.7 Å². The van der Waals surface area contributed by atoms with Crippen LogP contribution in [0, 0.1) is 0 Å². The number of amides is 1. The second kappa shape index (κ2) is 6.08. The van der Waals surface area contributed by atoms with E-state index in [0.717, 1.165) is 18.6 Å². The summed E-state index contributed by atoms with van der Waals surface area (Å²) in [5.41, 5.74) is -0.185. The van der Waals surface area contributed by atoms with E-state index in [1.54, 1.807) is 17.9 Å². The smallest absolute Gasteiger partial charge is 0.336 e. The first-order valence-electron chi connectivity index (χ1n) is 6.21. The molecule has 0 radical (unpaired) electrons. The van der Waals surface area contributed by atoms with Crippen molar-refractivity contribution in [3.05, 3.63) is 35.4 Å². The van der Waals surface area contributed by atoms with E-state index in [2.05, 4.69) is 0 Å². The lowest BCUT2D eigenvalue weighted by atomic mass is 10.0. The fraction of sp³-hybridized carbons (Fsp3) is 0.500. The van der Waals surface area contributed by atoms with Crippen LogP contribution >= 0.6 is 0 Å². The van der Waals surface area contributed by atoms with Crippen molar-refractivity contribution in [3.8, 4) is 0 Å². The molecule has 0 aliphatic carbocycles. The Morgan fingerprint density at radius 3 is 2.47 bits per heavy atom. The third-order valence-electron chi connectivity index (χ3n) is 3.03. The van der Waals surface area contributed by atoms with Crippen molar-refractivity contribution in [1.29, 1.82) is 0 Å². The van der Waals surface area contributed by atoms with E-state index >= 15 is 0 Å². The number of alkyl halides is 3. The van der Waals surface area contributed by atoms with Crippen LogP contribution in [0.5, 0.6) is 0 Å². The van der Waals surface area contributed by atoms with Crippen LogP contribution in [0.1, 0.15) is 44.4 Å². The molecule has 5 heteroatoms. The van der Waals surface area contributed by atoms with Crippen molar-refractivity contribution in [2.75, 3.05) is 6.54 Å².